The predicted octanol–water partition coefficient (Wildman–Crippen LogP) is 4.51. The minimum absolute atomic E-state index is 0.439. The molecule has 5 heteroatoms. The van der Waals surface area contributed by atoms with Gasteiger partial charge in [0.2, 0.25) is 0 Å². The molecule has 21 heavy (non-hydrogen) atoms. The van der Waals surface area contributed by atoms with Crippen LogP contribution in [-0.2, 0) is 6.42 Å². The molecule has 1 unspecified atom stereocenters. The van der Waals surface area contributed by atoms with Gasteiger partial charge in [0.1, 0.15) is 0 Å². The van der Waals surface area contributed by atoms with Crippen molar-refractivity contribution in [3.05, 3.63) is 68.7 Å². The molecule has 0 radical (unpaired) electrons. The van der Waals surface area contributed by atoms with Crippen LogP contribution in [0.2, 0.25) is 15.1 Å². The van der Waals surface area contributed by atoms with E-state index in [0.717, 1.165) is 17.5 Å². The second-order valence-electron chi connectivity index (χ2n) is 4.73. The quantitative estimate of drug-likeness (QED) is 0.756. The van der Waals surface area contributed by atoms with Gasteiger partial charge in [0.25, 0.3) is 0 Å². The molecule has 0 amide bonds. The largest absolute Gasteiger partial charge is 0.387 e. The standard InChI is InChI=1S/C16H16Cl3NO/c17-12-6-5-11(15(19)9-12)7-8-20-10-16(21)13-3-1-2-4-14(13)18/h1-6,9,16,20-21H,7-8,10H2. The Balaban J connectivity index is 1.81. The fraction of sp³-hybridized carbons (Fsp3) is 0.250. The zero-order chi connectivity index (χ0) is 15.2. The van der Waals surface area contributed by atoms with Gasteiger partial charge >= 0.3 is 0 Å². The van der Waals surface area contributed by atoms with Gasteiger partial charge in [-0.05, 0) is 36.7 Å². The number of hydrogen-bond acceptors (Lipinski definition) is 2. The van der Waals surface area contributed by atoms with Gasteiger partial charge in [-0.1, -0.05) is 59.1 Å². The van der Waals surface area contributed by atoms with Crippen LogP contribution in [0.25, 0.3) is 0 Å². The highest BCUT2D eigenvalue weighted by Gasteiger charge is 2.10. The van der Waals surface area contributed by atoms with E-state index in [1.54, 1.807) is 12.1 Å². The van der Waals surface area contributed by atoms with Crippen LogP contribution in [-0.4, -0.2) is 18.2 Å². The van der Waals surface area contributed by atoms with Crippen molar-refractivity contribution in [3.8, 4) is 0 Å². The monoisotopic (exact) mass is 343 g/mol. The van der Waals surface area contributed by atoms with Crippen molar-refractivity contribution in [2.75, 3.05) is 13.1 Å². The van der Waals surface area contributed by atoms with Crippen molar-refractivity contribution in [2.24, 2.45) is 0 Å². The molecule has 2 aromatic carbocycles. The molecule has 1 atom stereocenters. The first-order valence-electron chi connectivity index (χ1n) is 6.65. The number of benzene rings is 2. The maximum absolute atomic E-state index is 10.1. The molecule has 0 aliphatic heterocycles. The third-order valence-electron chi connectivity index (χ3n) is 3.19. The smallest absolute Gasteiger partial charge is 0.0928 e. The molecular formula is C16H16Cl3NO. The molecule has 2 aromatic rings. The lowest BCUT2D eigenvalue weighted by Gasteiger charge is -2.14. The summed E-state index contributed by atoms with van der Waals surface area (Å²) in [4.78, 5) is 0. The van der Waals surface area contributed by atoms with Gasteiger partial charge in [0, 0.05) is 27.2 Å². The van der Waals surface area contributed by atoms with Crippen LogP contribution in [0.1, 0.15) is 17.2 Å². The highest BCUT2D eigenvalue weighted by atomic mass is 35.5. The van der Waals surface area contributed by atoms with Gasteiger partial charge in [0.05, 0.1) is 6.10 Å². The normalized spacial score (nSPS) is 12.4. The number of rotatable bonds is 6. The minimum Gasteiger partial charge on any atom is -0.387 e. The fourth-order valence-corrected chi connectivity index (χ4v) is 2.81. The van der Waals surface area contributed by atoms with E-state index in [2.05, 4.69) is 5.32 Å². The van der Waals surface area contributed by atoms with Crippen LogP contribution in [0.3, 0.4) is 0 Å². The number of nitrogens with one attached hydrogen (secondary N) is 1. The Labute approximate surface area is 139 Å². The first-order valence-corrected chi connectivity index (χ1v) is 7.78. The molecule has 0 heterocycles. The third-order valence-corrected chi connectivity index (χ3v) is 4.12. The molecule has 0 saturated heterocycles. The molecule has 0 bridgehead atoms. The zero-order valence-corrected chi connectivity index (χ0v) is 13.6. The first-order chi connectivity index (χ1) is 10.1. The highest BCUT2D eigenvalue weighted by Crippen LogP contribution is 2.22. The van der Waals surface area contributed by atoms with Crippen molar-refractivity contribution in [1.82, 2.24) is 5.32 Å². The minimum atomic E-state index is -0.626. The van der Waals surface area contributed by atoms with E-state index in [1.165, 1.54) is 0 Å². The second-order valence-corrected chi connectivity index (χ2v) is 5.98. The van der Waals surface area contributed by atoms with Crippen molar-refractivity contribution < 1.29 is 5.11 Å². The molecule has 0 aliphatic carbocycles. The van der Waals surface area contributed by atoms with Crippen LogP contribution >= 0.6 is 34.8 Å². The maximum atomic E-state index is 10.1. The lowest BCUT2D eigenvalue weighted by molar-refractivity contribution is 0.175. The van der Waals surface area contributed by atoms with E-state index in [-0.39, 0.29) is 0 Å². The lowest BCUT2D eigenvalue weighted by atomic mass is 10.1. The Bertz CT molecular complexity index is 604. The van der Waals surface area contributed by atoms with Crippen LogP contribution < -0.4 is 5.32 Å². The van der Waals surface area contributed by atoms with Crippen molar-refractivity contribution in [3.63, 3.8) is 0 Å². The molecule has 2 rings (SSSR count). The molecule has 0 aromatic heterocycles. The van der Waals surface area contributed by atoms with Gasteiger partial charge in [-0.3, -0.25) is 0 Å². The lowest BCUT2D eigenvalue weighted by Crippen LogP contribution is -2.24. The molecule has 112 valence electrons. The summed E-state index contributed by atoms with van der Waals surface area (Å²) in [5, 5.41) is 15.2. The van der Waals surface area contributed by atoms with Gasteiger partial charge in [-0.15, -0.1) is 0 Å². The Morgan fingerprint density at radius 2 is 1.76 bits per heavy atom. The van der Waals surface area contributed by atoms with E-state index >= 15 is 0 Å². The summed E-state index contributed by atoms with van der Waals surface area (Å²) < 4.78 is 0. The van der Waals surface area contributed by atoms with Crippen LogP contribution in [0.4, 0.5) is 0 Å². The highest BCUT2D eigenvalue weighted by molar-refractivity contribution is 6.35. The van der Waals surface area contributed by atoms with Gasteiger partial charge in [-0.2, -0.15) is 0 Å². The summed E-state index contributed by atoms with van der Waals surface area (Å²) in [5.74, 6) is 0. The topological polar surface area (TPSA) is 32.3 Å². The van der Waals surface area contributed by atoms with Gasteiger partial charge in [-0.25, -0.2) is 0 Å². The molecule has 2 nitrogen and oxygen atoms in total. The summed E-state index contributed by atoms with van der Waals surface area (Å²) in [6.45, 7) is 1.15. The number of halogens is 3. The van der Waals surface area contributed by atoms with Crippen LogP contribution in [0.15, 0.2) is 42.5 Å². The van der Waals surface area contributed by atoms with E-state index in [4.69, 9.17) is 34.8 Å². The van der Waals surface area contributed by atoms with Crippen molar-refractivity contribution >= 4 is 34.8 Å². The summed E-state index contributed by atoms with van der Waals surface area (Å²) in [6, 6.07) is 12.8. The summed E-state index contributed by atoms with van der Waals surface area (Å²) in [6.07, 6.45) is 0.144. The fourth-order valence-electron chi connectivity index (χ4n) is 2.04. The summed E-state index contributed by atoms with van der Waals surface area (Å²) in [7, 11) is 0. The summed E-state index contributed by atoms with van der Waals surface area (Å²) in [5.41, 5.74) is 1.76. The third kappa shape index (κ3) is 4.87. The van der Waals surface area contributed by atoms with Gasteiger partial charge < -0.3 is 10.4 Å². The average molecular weight is 345 g/mol. The SMILES string of the molecule is OC(CNCCc1ccc(Cl)cc1Cl)c1ccccc1Cl. The Kier molecular flexibility index (Phi) is 6.34. The number of hydrogen-bond donors (Lipinski definition) is 2. The van der Waals surface area contributed by atoms with E-state index < -0.39 is 6.10 Å². The summed E-state index contributed by atoms with van der Waals surface area (Å²) >= 11 is 18.0. The molecule has 0 spiro atoms. The Hall–Kier alpha value is -0.770. The molecular weight excluding hydrogens is 329 g/mol. The van der Waals surface area contributed by atoms with E-state index in [0.29, 0.717) is 28.2 Å². The Morgan fingerprint density at radius 3 is 2.48 bits per heavy atom. The van der Waals surface area contributed by atoms with E-state index in [1.807, 2.05) is 30.3 Å². The van der Waals surface area contributed by atoms with Gasteiger partial charge in [0.15, 0.2) is 0 Å². The molecule has 0 fully saturated rings. The van der Waals surface area contributed by atoms with E-state index in [9.17, 15) is 5.11 Å². The zero-order valence-electron chi connectivity index (χ0n) is 11.3. The molecule has 0 saturated carbocycles. The predicted molar refractivity (Wildman–Crippen MR) is 89.4 cm³/mol. The second kappa shape index (κ2) is 8.02. The number of aliphatic hydroxyl groups excluding tert-OH is 1. The molecule has 2 N–H and O–H groups in total. The maximum Gasteiger partial charge on any atom is 0.0928 e. The van der Waals surface area contributed by atoms with Crippen LogP contribution in [0, 0.1) is 0 Å². The average Bonchev–Trinajstić information content (AvgIpc) is 2.45. The first kappa shape index (κ1) is 16.6. The van der Waals surface area contributed by atoms with Crippen molar-refractivity contribution in [1.29, 1.82) is 0 Å². The Morgan fingerprint density at radius 1 is 1.00 bits per heavy atom. The number of aliphatic hydroxyl groups is 1. The van der Waals surface area contributed by atoms with Crippen molar-refractivity contribution in [2.45, 2.75) is 12.5 Å². The molecule has 0 aliphatic rings. The van der Waals surface area contributed by atoms with Crippen LogP contribution in [0.5, 0.6) is 0 Å².